The topological polar surface area (TPSA) is 38.7 Å². The van der Waals surface area contributed by atoms with Crippen molar-refractivity contribution in [1.82, 2.24) is 0 Å². The Morgan fingerprint density at radius 2 is 1.47 bits per heavy atom. The standard InChI is InChI=1S/C8H12F6O3/c1-4-5(2,16-3)6(9,10)7(11,12)17-8(13,14)15/h15H,4H2,1-3H3. The summed E-state index contributed by atoms with van der Waals surface area (Å²) in [6.45, 7) is 1.71. The number of ether oxygens (including phenoxy) is 2. The molecule has 0 saturated heterocycles. The van der Waals surface area contributed by atoms with Crippen LogP contribution in [0.3, 0.4) is 0 Å². The van der Waals surface area contributed by atoms with E-state index in [1.165, 1.54) is 0 Å². The molecule has 104 valence electrons. The summed E-state index contributed by atoms with van der Waals surface area (Å²) in [6, 6.07) is 0. The third-order valence-electron chi connectivity index (χ3n) is 2.41. The monoisotopic (exact) mass is 270 g/mol. The Kier molecular flexibility index (Phi) is 4.47. The molecule has 3 nitrogen and oxygen atoms in total. The smallest absolute Gasteiger partial charge is 0.372 e. The number of methoxy groups -OCH3 is 1. The summed E-state index contributed by atoms with van der Waals surface area (Å²) in [5.41, 5.74) is -2.72. The van der Waals surface area contributed by atoms with Crippen LogP contribution >= 0.6 is 0 Å². The molecule has 0 aromatic carbocycles. The fraction of sp³-hybridized carbons (Fsp3) is 1.00. The molecule has 0 radical (unpaired) electrons. The highest BCUT2D eigenvalue weighted by molar-refractivity contribution is 4.96. The zero-order valence-corrected chi connectivity index (χ0v) is 9.24. The number of alkyl halides is 6. The zero-order valence-electron chi connectivity index (χ0n) is 9.24. The van der Waals surface area contributed by atoms with Gasteiger partial charge in [0.15, 0.2) is 0 Å². The normalized spacial score (nSPS) is 18.0. The Morgan fingerprint density at radius 3 is 1.71 bits per heavy atom. The van der Waals surface area contributed by atoms with E-state index in [2.05, 4.69) is 9.47 Å². The van der Waals surface area contributed by atoms with Crippen LogP contribution in [-0.4, -0.2) is 36.1 Å². The third-order valence-corrected chi connectivity index (χ3v) is 2.41. The summed E-state index contributed by atoms with van der Waals surface area (Å²) in [7, 11) is 0.727. The van der Waals surface area contributed by atoms with Crippen LogP contribution in [0.4, 0.5) is 26.3 Å². The molecule has 9 heteroatoms. The fourth-order valence-corrected chi connectivity index (χ4v) is 1.02. The van der Waals surface area contributed by atoms with Gasteiger partial charge in [0.25, 0.3) is 0 Å². The van der Waals surface area contributed by atoms with Gasteiger partial charge in [-0.05, 0) is 13.3 Å². The lowest BCUT2D eigenvalue weighted by Gasteiger charge is -2.39. The van der Waals surface area contributed by atoms with Gasteiger partial charge in [0.05, 0.1) is 0 Å². The van der Waals surface area contributed by atoms with Crippen molar-refractivity contribution in [3.8, 4) is 0 Å². The molecule has 17 heavy (non-hydrogen) atoms. The van der Waals surface area contributed by atoms with Crippen molar-refractivity contribution in [2.24, 2.45) is 0 Å². The Morgan fingerprint density at radius 1 is 1.06 bits per heavy atom. The molecule has 0 aliphatic heterocycles. The molecule has 1 N–H and O–H groups in total. The molecular formula is C8H12F6O3. The molecular weight excluding hydrogens is 258 g/mol. The van der Waals surface area contributed by atoms with Crippen molar-refractivity contribution in [1.29, 1.82) is 0 Å². The van der Waals surface area contributed by atoms with Crippen LogP contribution < -0.4 is 0 Å². The molecule has 0 spiro atoms. The minimum atomic E-state index is -5.59. The average molecular weight is 270 g/mol. The Hall–Kier alpha value is -0.540. The number of aliphatic hydroxyl groups is 1. The van der Waals surface area contributed by atoms with Gasteiger partial charge in [-0.15, -0.1) is 8.78 Å². The van der Waals surface area contributed by atoms with Gasteiger partial charge in [-0.25, -0.2) is 4.74 Å². The van der Waals surface area contributed by atoms with Crippen LogP contribution in [-0.2, 0) is 9.47 Å². The van der Waals surface area contributed by atoms with Crippen LogP contribution in [0, 0.1) is 0 Å². The number of hydrogen-bond donors (Lipinski definition) is 1. The van der Waals surface area contributed by atoms with Crippen molar-refractivity contribution in [3.05, 3.63) is 0 Å². The van der Waals surface area contributed by atoms with Gasteiger partial charge in [0.1, 0.15) is 5.60 Å². The van der Waals surface area contributed by atoms with Gasteiger partial charge in [-0.1, -0.05) is 6.92 Å². The van der Waals surface area contributed by atoms with E-state index >= 15 is 0 Å². The lowest BCUT2D eigenvalue weighted by atomic mass is 9.93. The predicted molar refractivity (Wildman–Crippen MR) is 43.8 cm³/mol. The first kappa shape index (κ1) is 16.5. The Bertz CT molecular complexity index is 258. The lowest BCUT2D eigenvalue weighted by molar-refractivity contribution is -0.500. The predicted octanol–water partition coefficient (Wildman–Crippen LogP) is 2.59. The maximum Gasteiger partial charge on any atom is 0.487 e. The zero-order chi connectivity index (χ0) is 14.1. The first-order valence-corrected chi connectivity index (χ1v) is 4.44. The fourth-order valence-electron chi connectivity index (χ4n) is 1.02. The second-order valence-corrected chi connectivity index (χ2v) is 3.47. The van der Waals surface area contributed by atoms with Crippen LogP contribution in [0.25, 0.3) is 0 Å². The average Bonchev–Trinajstić information content (AvgIpc) is 2.12. The summed E-state index contributed by atoms with van der Waals surface area (Å²) in [5.74, 6) is -5.06. The van der Waals surface area contributed by atoms with E-state index < -0.39 is 30.3 Å². The highest BCUT2D eigenvalue weighted by Crippen LogP contribution is 2.47. The number of halogens is 6. The molecule has 0 aliphatic rings. The summed E-state index contributed by atoms with van der Waals surface area (Å²) >= 11 is 0. The molecule has 0 aromatic rings. The van der Waals surface area contributed by atoms with Crippen molar-refractivity contribution in [2.45, 2.75) is 44.2 Å². The van der Waals surface area contributed by atoms with Gasteiger partial charge in [-0.2, -0.15) is 17.6 Å². The number of rotatable bonds is 6. The van der Waals surface area contributed by atoms with Gasteiger partial charge >= 0.3 is 18.3 Å². The summed E-state index contributed by atoms with van der Waals surface area (Å²) in [6.07, 6.45) is -11.6. The van der Waals surface area contributed by atoms with E-state index in [-0.39, 0.29) is 0 Å². The van der Waals surface area contributed by atoms with E-state index in [0.717, 1.165) is 14.0 Å². The van der Waals surface area contributed by atoms with Crippen LogP contribution in [0.15, 0.2) is 0 Å². The van der Waals surface area contributed by atoms with Gasteiger partial charge in [0, 0.05) is 7.11 Å². The van der Waals surface area contributed by atoms with Crippen LogP contribution in [0.5, 0.6) is 0 Å². The van der Waals surface area contributed by atoms with E-state index in [1.807, 2.05) is 0 Å². The molecule has 1 unspecified atom stereocenters. The molecule has 0 fully saturated rings. The maximum atomic E-state index is 13.3. The molecule has 0 aliphatic carbocycles. The molecule has 0 bridgehead atoms. The van der Waals surface area contributed by atoms with Crippen LogP contribution in [0.1, 0.15) is 20.3 Å². The van der Waals surface area contributed by atoms with Crippen molar-refractivity contribution in [2.75, 3.05) is 7.11 Å². The van der Waals surface area contributed by atoms with Crippen molar-refractivity contribution in [3.63, 3.8) is 0 Å². The highest BCUT2D eigenvalue weighted by Gasteiger charge is 2.70. The van der Waals surface area contributed by atoms with E-state index in [9.17, 15) is 26.3 Å². The maximum absolute atomic E-state index is 13.3. The second-order valence-electron chi connectivity index (χ2n) is 3.47. The third kappa shape index (κ3) is 3.23. The lowest BCUT2D eigenvalue weighted by Crippen LogP contribution is -2.60. The van der Waals surface area contributed by atoms with Crippen LogP contribution in [0.2, 0.25) is 0 Å². The Labute approximate surface area is 93.3 Å². The second kappa shape index (κ2) is 4.62. The Balaban J connectivity index is 5.28. The quantitative estimate of drug-likeness (QED) is 0.595. The van der Waals surface area contributed by atoms with Gasteiger partial charge in [0.2, 0.25) is 0 Å². The largest absolute Gasteiger partial charge is 0.487 e. The molecule has 0 heterocycles. The molecule has 0 aromatic heterocycles. The SMILES string of the molecule is CCC(C)(OC)C(F)(F)C(F)(F)OC(O)(F)F. The summed E-state index contributed by atoms with van der Waals surface area (Å²) < 4.78 is 82.7. The first-order chi connectivity index (χ1) is 7.33. The molecule has 1 atom stereocenters. The minimum absolute atomic E-state index is 0.591. The molecule has 0 rings (SSSR count). The number of hydrogen-bond acceptors (Lipinski definition) is 3. The van der Waals surface area contributed by atoms with E-state index in [4.69, 9.17) is 5.11 Å². The van der Waals surface area contributed by atoms with Gasteiger partial charge < -0.3 is 9.84 Å². The summed E-state index contributed by atoms with van der Waals surface area (Å²) in [4.78, 5) is 0. The highest BCUT2D eigenvalue weighted by atomic mass is 19.3. The first-order valence-electron chi connectivity index (χ1n) is 4.44. The van der Waals surface area contributed by atoms with Gasteiger partial charge in [-0.3, -0.25) is 0 Å². The van der Waals surface area contributed by atoms with E-state index in [1.54, 1.807) is 0 Å². The van der Waals surface area contributed by atoms with E-state index in [0.29, 0.717) is 6.92 Å². The molecule has 0 saturated carbocycles. The minimum Gasteiger partial charge on any atom is -0.372 e. The van der Waals surface area contributed by atoms with Crippen molar-refractivity contribution >= 4 is 0 Å². The summed E-state index contributed by atoms with van der Waals surface area (Å²) in [5, 5.41) is 7.72. The van der Waals surface area contributed by atoms with Crippen molar-refractivity contribution < 1.29 is 40.9 Å². The molecule has 0 amide bonds.